The van der Waals surface area contributed by atoms with E-state index in [2.05, 4.69) is 65.3 Å². The van der Waals surface area contributed by atoms with Crippen LogP contribution in [-0.4, -0.2) is 28.5 Å². The summed E-state index contributed by atoms with van der Waals surface area (Å²) in [6.45, 7) is 3.57. The van der Waals surface area contributed by atoms with E-state index in [1.54, 1.807) is 0 Å². The van der Waals surface area contributed by atoms with Crippen molar-refractivity contribution in [1.29, 1.82) is 0 Å². The first-order chi connectivity index (χ1) is 13.1. The molecule has 0 radical (unpaired) electrons. The van der Waals surface area contributed by atoms with E-state index >= 15 is 0 Å². The van der Waals surface area contributed by atoms with Crippen molar-refractivity contribution in [3.8, 4) is 0 Å². The Kier molecular flexibility index (Phi) is 5.35. The maximum absolute atomic E-state index is 12.7. The van der Waals surface area contributed by atoms with Gasteiger partial charge in [-0.2, -0.15) is 0 Å². The summed E-state index contributed by atoms with van der Waals surface area (Å²) in [6, 6.07) is 11.4. The van der Waals surface area contributed by atoms with E-state index in [-0.39, 0.29) is 11.9 Å². The fraction of sp³-hybridized carbons (Fsp3) is 0.522. The highest BCUT2D eigenvalue weighted by molar-refractivity contribution is 5.78. The second kappa shape index (κ2) is 7.89. The van der Waals surface area contributed by atoms with Gasteiger partial charge in [0.05, 0.1) is 18.6 Å². The van der Waals surface area contributed by atoms with Crippen molar-refractivity contribution >= 4 is 5.91 Å². The third-order valence-corrected chi connectivity index (χ3v) is 6.29. The molecular weight excluding hydrogens is 334 g/mol. The number of fused-ring (bicyclic) bond motifs is 1. The average Bonchev–Trinajstić information content (AvgIpc) is 3.29. The number of aromatic nitrogens is 1. The Labute approximate surface area is 162 Å². The first-order valence-corrected chi connectivity index (χ1v) is 10.4. The molecule has 4 rings (SSSR count). The lowest BCUT2D eigenvalue weighted by atomic mass is 9.89. The van der Waals surface area contributed by atoms with Crippen molar-refractivity contribution in [2.45, 2.75) is 57.5 Å². The zero-order chi connectivity index (χ0) is 18.8. The highest BCUT2D eigenvalue weighted by atomic mass is 16.2. The number of nitrogens with one attached hydrogen (secondary N) is 1. The molecule has 1 saturated heterocycles. The number of carbonyl (C=O) groups excluding carboxylic acids is 1. The van der Waals surface area contributed by atoms with E-state index in [4.69, 9.17) is 0 Å². The summed E-state index contributed by atoms with van der Waals surface area (Å²) >= 11 is 0. The smallest absolute Gasteiger partial charge is 0.234 e. The Bertz CT molecular complexity index is 810. The molecule has 2 atom stereocenters. The molecule has 0 bridgehead atoms. The maximum Gasteiger partial charge on any atom is 0.234 e. The molecule has 0 spiro atoms. The van der Waals surface area contributed by atoms with Crippen LogP contribution < -0.4 is 5.32 Å². The minimum Gasteiger partial charge on any atom is -0.353 e. The van der Waals surface area contributed by atoms with E-state index in [9.17, 15) is 4.79 Å². The summed E-state index contributed by atoms with van der Waals surface area (Å²) in [4.78, 5) is 15.0. The lowest BCUT2D eigenvalue weighted by Crippen LogP contribution is -2.38. The Morgan fingerprint density at radius 2 is 2.00 bits per heavy atom. The van der Waals surface area contributed by atoms with Gasteiger partial charge >= 0.3 is 0 Å². The molecule has 1 N–H and O–H groups in total. The molecule has 1 aliphatic carbocycles. The van der Waals surface area contributed by atoms with Gasteiger partial charge < -0.3 is 9.88 Å². The second-order valence-electron chi connectivity index (χ2n) is 8.20. The standard InChI is InChI=1S/C23H31N3O/c1-17(19-12-11-18-7-3-4-8-20(18)15-19)24-23(27)16-26-14-6-10-22(26)21-9-5-13-25(21)2/h5,9,11-13,15,17,22H,3-4,6-8,10,14,16H2,1-2H3,(H,24,27)/t17-,22-/m1/s1. The van der Waals surface area contributed by atoms with Gasteiger partial charge in [0.15, 0.2) is 0 Å². The van der Waals surface area contributed by atoms with Crippen LogP contribution in [-0.2, 0) is 24.7 Å². The van der Waals surface area contributed by atoms with Crippen molar-refractivity contribution < 1.29 is 4.79 Å². The van der Waals surface area contributed by atoms with Crippen molar-refractivity contribution in [3.05, 3.63) is 58.9 Å². The van der Waals surface area contributed by atoms with E-state index in [1.165, 1.54) is 48.1 Å². The number of benzene rings is 1. The van der Waals surface area contributed by atoms with Crippen LogP contribution in [0.2, 0.25) is 0 Å². The van der Waals surface area contributed by atoms with Crippen LogP contribution in [0.5, 0.6) is 0 Å². The molecule has 2 aliphatic rings. The summed E-state index contributed by atoms with van der Waals surface area (Å²) in [5.41, 5.74) is 5.50. The first kappa shape index (κ1) is 18.3. The molecule has 1 aromatic carbocycles. The molecule has 1 aliphatic heterocycles. The molecule has 0 unspecified atom stereocenters. The molecule has 1 fully saturated rings. The largest absolute Gasteiger partial charge is 0.353 e. The zero-order valence-corrected chi connectivity index (χ0v) is 16.6. The zero-order valence-electron chi connectivity index (χ0n) is 16.6. The topological polar surface area (TPSA) is 37.3 Å². The predicted octanol–water partition coefficient (Wildman–Crippen LogP) is 3.92. The summed E-state index contributed by atoms with van der Waals surface area (Å²) in [6.07, 6.45) is 9.34. The summed E-state index contributed by atoms with van der Waals surface area (Å²) < 4.78 is 2.18. The fourth-order valence-corrected chi connectivity index (χ4v) is 4.75. The molecule has 4 nitrogen and oxygen atoms in total. The lowest BCUT2D eigenvalue weighted by Gasteiger charge is -2.26. The van der Waals surface area contributed by atoms with Crippen LogP contribution in [0, 0.1) is 0 Å². The van der Waals surface area contributed by atoms with E-state index < -0.39 is 0 Å². The summed E-state index contributed by atoms with van der Waals surface area (Å²) in [5, 5.41) is 3.22. The molecule has 27 heavy (non-hydrogen) atoms. The quantitative estimate of drug-likeness (QED) is 0.872. The van der Waals surface area contributed by atoms with Crippen molar-refractivity contribution in [3.63, 3.8) is 0 Å². The Morgan fingerprint density at radius 1 is 1.19 bits per heavy atom. The SMILES string of the molecule is C[C@@H](NC(=O)CN1CCC[C@@H]1c1cccn1C)c1ccc2c(c1)CCCC2. The highest BCUT2D eigenvalue weighted by Gasteiger charge is 2.29. The van der Waals surface area contributed by atoms with Gasteiger partial charge in [0.25, 0.3) is 0 Å². The minimum absolute atomic E-state index is 0.0563. The number of rotatable bonds is 5. The monoisotopic (exact) mass is 365 g/mol. The van der Waals surface area contributed by atoms with Crippen LogP contribution in [0.3, 0.4) is 0 Å². The van der Waals surface area contributed by atoms with Crippen LogP contribution in [0.4, 0.5) is 0 Å². The Hall–Kier alpha value is -2.07. The van der Waals surface area contributed by atoms with Gasteiger partial charge in [-0.05, 0) is 80.8 Å². The fourth-order valence-electron chi connectivity index (χ4n) is 4.75. The predicted molar refractivity (Wildman–Crippen MR) is 109 cm³/mol. The van der Waals surface area contributed by atoms with Gasteiger partial charge in [0, 0.05) is 18.9 Å². The second-order valence-corrected chi connectivity index (χ2v) is 8.20. The third kappa shape index (κ3) is 3.96. The van der Waals surface area contributed by atoms with Gasteiger partial charge in [-0.1, -0.05) is 18.2 Å². The van der Waals surface area contributed by atoms with Gasteiger partial charge in [0.2, 0.25) is 5.91 Å². The van der Waals surface area contributed by atoms with E-state index in [0.29, 0.717) is 12.6 Å². The summed E-state index contributed by atoms with van der Waals surface area (Å²) in [5.74, 6) is 0.126. The lowest BCUT2D eigenvalue weighted by molar-refractivity contribution is -0.123. The van der Waals surface area contributed by atoms with Gasteiger partial charge in [-0.3, -0.25) is 9.69 Å². The van der Waals surface area contributed by atoms with Crippen molar-refractivity contribution in [2.24, 2.45) is 7.05 Å². The van der Waals surface area contributed by atoms with E-state index in [1.807, 2.05) is 0 Å². The van der Waals surface area contributed by atoms with Crippen molar-refractivity contribution in [1.82, 2.24) is 14.8 Å². The number of carbonyl (C=O) groups is 1. The number of nitrogens with zero attached hydrogens (tertiary/aromatic N) is 2. The first-order valence-electron chi connectivity index (χ1n) is 10.4. The number of hydrogen-bond acceptors (Lipinski definition) is 2. The molecule has 1 amide bonds. The van der Waals surface area contributed by atoms with Crippen LogP contribution >= 0.6 is 0 Å². The van der Waals surface area contributed by atoms with Crippen molar-refractivity contribution in [2.75, 3.05) is 13.1 Å². The molecule has 144 valence electrons. The normalized spacial score (nSPS) is 21.0. The van der Waals surface area contributed by atoms with Gasteiger partial charge in [0.1, 0.15) is 0 Å². The van der Waals surface area contributed by atoms with Crippen LogP contribution in [0.25, 0.3) is 0 Å². The van der Waals surface area contributed by atoms with E-state index in [0.717, 1.165) is 19.4 Å². The van der Waals surface area contributed by atoms with Crippen LogP contribution in [0.15, 0.2) is 36.5 Å². The Balaban J connectivity index is 1.38. The molecule has 2 aromatic rings. The maximum atomic E-state index is 12.7. The van der Waals surface area contributed by atoms with Gasteiger partial charge in [-0.15, -0.1) is 0 Å². The molecule has 4 heteroatoms. The number of hydrogen-bond donors (Lipinski definition) is 1. The average molecular weight is 366 g/mol. The third-order valence-electron chi connectivity index (χ3n) is 6.29. The molecular formula is C23H31N3O. The molecule has 1 aromatic heterocycles. The molecule has 0 saturated carbocycles. The number of amides is 1. The van der Waals surface area contributed by atoms with Gasteiger partial charge in [-0.25, -0.2) is 0 Å². The minimum atomic E-state index is 0.0563. The Morgan fingerprint density at radius 3 is 2.78 bits per heavy atom. The van der Waals surface area contributed by atoms with Crippen LogP contribution in [0.1, 0.15) is 67.1 Å². The molecule has 2 heterocycles. The highest BCUT2D eigenvalue weighted by Crippen LogP contribution is 2.31. The summed E-state index contributed by atoms with van der Waals surface area (Å²) in [7, 11) is 2.09. The number of likely N-dealkylation sites (tertiary alicyclic amines) is 1. The number of aryl methyl sites for hydroxylation is 3.